The van der Waals surface area contributed by atoms with Crippen LogP contribution in [0.2, 0.25) is 0 Å². The van der Waals surface area contributed by atoms with E-state index in [1.165, 1.54) is 82.1 Å². The maximum absolute atomic E-state index is 13.5. The highest BCUT2D eigenvalue weighted by atomic mass is 32.1. The first-order valence-corrected chi connectivity index (χ1v) is 26.7. The van der Waals surface area contributed by atoms with Gasteiger partial charge in [-0.1, -0.05) is 64.7 Å². The molecule has 70 heavy (non-hydrogen) atoms. The van der Waals surface area contributed by atoms with Gasteiger partial charge in [0.15, 0.2) is 10.7 Å². The largest absolute Gasteiger partial charge is 0.508 e. The van der Waals surface area contributed by atoms with Gasteiger partial charge < -0.3 is 56.3 Å². The zero-order valence-electron chi connectivity index (χ0n) is 41.7. The number of amides is 1. The number of nitrogens with one attached hydrogen (secondary N) is 6. The average Bonchev–Trinajstić information content (AvgIpc) is 3.81. The van der Waals surface area contributed by atoms with Gasteiger partial charge in [-0.25, -0.2) is 9.59 Å². The number of hydrogen-bond donors (Lipinski definition) is 8. The predicted molar refractivity (Wildman–Crippen MR) is 278 cm³/mol. The molecule has 8 N–H and O–H groups in total. The van der Waals surface area contributed by atoms with Crippen LogP contribution < -0.4 is 36.6 Å². The van der Waals surface area contributed by atoms with E-state index in [1.54, 1.807) is 23.8 Å². The van der Waals surface area contributed by atoms with E-state index in [-0.39, 0.29) is 29.1 Å². The third-order valence-corrected chi connectivity index (χ3v) is 17.5. The molecular weight excluding hydrogens is 901 g/mol. The highest BCUT2D eigenvalue weighted by molar-refractivity contribution is 7.80. The van der Waals surface area contributed by atoms with Crippen molar-refractivity contribution in [1.29, 1.82) is 0 Å². The third kappa shape index (κ3) is 10.3. The minimum atomic E-state index is -1.32. The van der Waals surface area contributed by atoms with E-state index in [1.807, 2.05) is 12.1 Å². The SMILES string of the molecule is CC(C)CCCCC1CCC2C3CC=C4CC(OC(=O)NCCNCCNCCNCCNC(=S)Nc5ccc6c(c5)C(=O)OC65c6ccc(O)cc6Oc6cc(O)ccc65)CCC4(C)C3CCC12C. The molecule has 0 radical (unpaired) electrons. The molecule has 0 aromatic heterocycles. The van der Waals surface area contributed by atoms with Gasteiger partial charge >= 0.3 is 12.1 Å². The number of aromatic hydroxyl groups is 2. The molecule has 3 saturated carbocycles. The Hall–Kier alpha value is -4.89. The molecule has 3 aromatic rings. The van der Waals surface area contributed by atoms with E-state index >= 15 is 0 Å². The van der Waals surface area contributed by atoms with Crippen molar-refractivity contribution in [2.24, 2.45) is 40.4 Å². The Morgan fingerprint density at radius 1 is 0.786 bits per heavy atom. The highest BCUT2D eigenvalue weighted by Gasteiger charge is 2.59. The number of alkyl carbamates (subject to hydrolysis) is 1. The minimum absolute atomic E-state index is 0.000857. The Balaban J connectivity index is 0.617. The summed E-state index contributed by atoms with van der Waals surface area (Å²) in [6, 6.07) is 14.7. The van der Waals surface area contributed by atoms with Crippen LogP contribution in [0.1, 0.15) is 132 Å². The summed E-state index contributed by atoms with van der Waals surface area (Å²) in [4.78, 5) is 26.3. The summed E-state index contributed by atoms with van der Waals surface area (Å²) in [6.07, 6.45) is 17.7. The number of fused-ring (bicyclic) bond motifs is 11. The van der Waals surface area contributed by atoms with Crippen molar-refractivity contribution >= 4 is 35.1 Å². The van der Waals surface area contributed by atoms with Crippen molar-refractivity contribution in [3.05, 3.63) is 88.5 Å². The van der Waals surface area contributed by atoms with Crippen LogP contribution in [0.15, 0.2) is 66.2 Å². The first-order valence-electron chi connectivity index (χ1n) is 26.3. The molecule has 6 aliphatic rings. The summed E-state index contributed by atoms with van der Waals surface area (Å²) in [6.45, 7) is 15.6. The molecule has 9 rings (SSSR count). The molecule has 4 aliphatic carbocycles. The summed E-state index contributed by atoms with van der Waals surface area (Å²) in [5.74, 6) is 4.34. The number of anilines is 1. The molecule has 3 fully saturated rings. The molecule has 14 heteroatoms. The van der Waals surface area contributed by atoms with Crippen molar-refractivity contribution in [1.82, 2.24) is 26.6 Å². The predicted octanol–water partition coefficient (Wildman–Crippen LogP) is 9.61. The lowest BCUT2D eigenvalue weighted by molar-refractivity contribution is -0.0519. The summed E-state index contributed by atoms with van der Waals surface area (Å²) in [5.41, 5.74) is 3.78. The van der Waals surface area contributed by atoms with Gasteiger partial charge in [0, 0.05) is 93.3 Å². The first-order chi connectivity index (χ1) is 33.8. The lowest BCUT2D eigenvalue weighted by Crippen LogP contribution is -2.50. The van der Waals surface area contributed by atoms with Crippen molar-refractivity contribution in [2.45, 2.75) is 116 Å². The molecule has 2 heterocycles. The monoisotopic (exact) mass is 977 g/mol. The molecule has 0 bridgehead atoms. The van der Waals surface area contributed by atoms with Gasteiger partial charge in [-0.05, 0) is 140 Å². The lowest BCUT2D eigenvalue weighted by atomic mass is 9.47. The Kier molecular flexibility index (Phi) is 15.3. The number of allylic oxidation sites excluding steroid dienone is 1. The lowest BCUT2D eigenvalue weighted by Gasteiger charge is -2.58. The molecule has 2 aliphatic heterocycles. The summed E-state index contributed by atoms with van der Waals surface area (Å²) < 4.78 is 18.2. The molecule has 13 nitrogen and oxygen atoms in total. The number of hydrogen-bond acceptors (Lipinski definition) is 11. The Bertz CT molecular complexity index is 2380. The van der Waals surface area contributed by atoms with Gasteiger partial charge in [0.25, 0.3) is 0 Å². The Labute approximate surface area is 420 Å². The quantitative estimate of drug-likeness (QED) is 0.0247. The average molecular weight is 977 g/mol. The summed E-state index contributed by atoms with van der Waals surface area (Å²) in [5, 5.41) is 40.4. The van der Waals surface area contributed by atoms with E-state index in [9.17, 15) is 19.8 Å². The first kappa shape index (κ1) is 50.1. The number of phenols is 2. The second kappa shape index (κ2) is 21.4. The van der Waals surface area contributed by atoms with Gasteiger partial charge in [-0.3, -0.25) is 0 Å². The maximum Gasteiger partial charge on any atom is 0.407 e. The molecule has 378 valence electrons. The zero-order valence-corrected chi connectivity index (χ0v) is 42.5. The van der Waals surface area contributed by atoms with E-state index in [0.717, 1.165) is 75.0 Å². The molecule has 1 spiro atoms. The van der Waals surface area contributed by atoms with Crippen LogP contribution >= 0.6 is 12.2 Å². The fourth-order valence-corrected chi connectivity index (χ4v) is 13.9. The van der Waals surface area contributed by atoms with Gasteiger partial charge in [-0.15, -0.1) is 0 Å². The number of rotatable bonds is 19. The number of unbranched alkanes of at least 4 members (excludes halogenated alkanes) is 1. The van der Waals surface area contributed by atoms with E-state index in [4.69, 9.17) is 26.4 Å². The van der Waals surface area contributed by atoms with E-state index < -0.39 is 11.6 Å². The molecule has 1 amide bonds. The molecule has 7 unspecified atom stereocenters. The second-order valence-corrected chi connectivity index (χ2v) is 22.3. The summed E-state index contributed by atoms with van der Waals surface area (Å²) >= 11 is 5.56. The topological polar surface area (TPSA) is 174 Å². The molecule has 3 aromatic carbocycles. The van der Waals surface area contributed by atoms with Crippen LogP contribution in [0.4, 0.5) is 10.5 Å². The number of esters is 1. The third-order valence-electron chi connectivity index (χ3n) is 17.3. The Morgan fingerprint density at radius 3 is 2.13 bits per heavy atom. The number of carbonyl (C=O) groups is 2. The van der Waals surface area contributed by atoms with Gasteiger partial charge in [-0.2, -0.15) is 0 Å². The zero-order chi connectivity index (χ0) is 49.0. The van der Waals surface area contributed by atoms with Crippen molar-refractivity contribution < 1.29 is 34.0 Å². The van der Waals surface area contributed by atoms with Crippen molar-refractivity contribution in [2.75, 3.05) is 57.7 Å². The highest BCUT2D eigenvalue weighted by Crippen LogP contribution is 2.67. The van der Waals surface area contributed by atoms with Crippen LogP contribution in [0.3, 0.4) is 0 Å². The van der Waals surface area contributed by atoms with Gasteiger partial charge in [0.05, 0.1) is 5.56 Å². The molecule has 0 saturated heterocycles. The fourth-order valence-electron chi connectivity index (χ4n) is 13.7. The van der Waals surface area contributed by atoms with Crippen LogP contribution in [0.5, 0.6) is 23.0 Å². The van der Waals surface area contributed by atoms with Crippen molar-refractivity contribution in [3.8, 4) is 23.0 Å². The summed E-state index contributed by atoms with van der Waals surface area (Å²) in [7, 11) is 0. The standard InChI is InChI=1S/C56H76N6O7S/c1-35(2)7-5-6-8-36-10-15-44-42-14-9-37-31-41(19-21-55(37,4)45(42)20-22-54(36,44)3)67-53(66)61-30-28-59-26-24-57-23-25-58-27-29-60-52(70)62-38-11-16-46-43(32-38)51(65)69-56(46)47-17-12-39(63)33-49(47)68-50-34-40(64)13-18-48(50)56/h9,11-13,16-18,32-36,41-42,44-45,57-59,63-64H,5-8,10,14-15,19-31H2,1-4H3,(H,61,66)(H2,60,62,70). The van der Waals surface area contributed by atoms with Gasteiger partial charge in [0.2, 0.25) is 0 Å². The van der Waals surface area contributed by atoms with Crippen LogP contribution in [0, 0.1) is 40.4 Å². The number of thiocarbonyl (C=S) groups is 1. The van der Waals surface area contributed by atoms with Gasteiger partial charge in [0.1, 0.15) is 29.1 Å². The minimum Gasteiger partial charge on any atom is -0.508 e. The number of carbonyl (C=O) groups excluding carboxylic acids is 2. The van der Waals surface area contributed by atoms with E-state index in [2.05, 4.69) is 65.7 Å². The number of benzene rings is 3. The normalized spacial score (nSPS) is 26.6. The molecular formula is C56H76N6O7S. The second-order valence-electron chi connectivity index (χ2n) is 21.9. The Morgan fingerprint density at radius 2 is 1.44 bits per heavy atom. The smallest absolute Gasteiger partial charge is 0.407 e. The van der Waals surface area contributed by atoms with Crippen LogP contribution in [-0.2, 0) is 15.1 Å². The van der Waals surface area contributed by atoms with E-state index in [0.29, 0.717) is 76.1 Å². The fraction of sp³-hybridized carbons (Fsp3) is 0.589. The number of phenolic OH excluding ortho intramolecular Hbond substituents is 2. The maximum atomic E-state index is 13.5. The van der Waals surface area contributed by atoms with Crippen molar-refractivity contribution in [3.63, 3.8) is 0 Å². The molecule has 7 atom stereocenters. The van der Waals surface area contributed by atoms with Crippen LogP contribution in [-0.4, -0.2) is 85.9 Å². The number of ether oxygens (including phenoxy) is 3. The van der Waals surface area contributed by atoms with Crippen LogP contribution in [0.25, 0.3) is 0 Å².